The summed E-state index contributed by atoms with van der Waals surface area (Å²) in [5, 5.41) is 0. The molecule has 0 aromatic heterocycles. The fraction of sp³-hybridized carbons (Fsp3) is 0.500. The zero-order chi connectivity index (χ0) is 3.41. The Hall–Kier alpha value is 0.648. The van der Waals surface area contributed by atoms with Gasteiger partial charge in [-0.1, -0.05) is 5.88 Å². The number of rotatable bonds is 1. The molecule has 0 spiro atoms. The minimum Gasteiger partial charge on any atom is -0.541 e. The molecular weight excluding hydrogens is 271 g/mol. The third-order valence-electron chi connectivity index (χ3n) is 0.0546. The first-order chi connectivity index (χ1) is 1.91. The summed E-state index contributed by atoms with van der Waals surface area (Å²) < 4.78 is 0. The van der Waals surface area contributed by atoms with E-state index < -0.39 is 0 Å². The maximum absolute atomic E-state index is 8.92. The van der Waals surface area contributed by atoms with Gasteiger partial charge in [0.05, 0.1) is 0 Å². The molecule has 0 aliphatic heterocycles. The molecule has 3 heteroatoms. The number of hydrogen-bond donors (Lipinski definition) is 0. The minimum atomic E-state index is -0.0139. The number of carbonyl (C=O) groups excluding carboxylic acids is 1. The number of hydrogen-bond acceptors (Lipinski definition) is 1. The second-order valence-electron chi connectivity index (χ2n) is 0.278. The van der Waals surface area contributed by atoms with Crippen molar-refractivity contribution in [1.29, 1.82) is 0 Å². The summed E-state index contributed by atoms with van der Waals surface area (Å²) in [7, 11) is 0. The molecule has 0 aliphatic carbocycles. The Kier molecular flexibility index (Phi) is 16.2. The van der Waals surface area contributed by atoms with Gasteiger partial charge in [0.1, 0.15) is 0 Å². The second-order valence-corrected chi connectivity index (χ2v) is 0.545. The predicted molar refractivity (Wildman–Crippen MR) is 16.4 cm³/mol. The Morgan fingerprint density at radius 3 is 2.00 bits per heavy atom. The summed E-state index contributed by atoms with van der Waals surface area (Å²) in [5.41, 5.74) is 0. The van der Waals surface area contributed by atoms with Crippen LogP contribution < -0.4 is 0 Å². The van der Waals surface area contributed by atoms with E-state index in [0.29, 0.717) is 0 Å². The van der Waals surface area contributed by atoms with Crippen molar-refractivity contribution in [3.63, 3.8) is 0 Å². The Balaban J connectivity index is 0. The van der Waals surface area contributed by atoms with Gasteiger partial charge in [-0.25, -0.2) is 6.29 Å². The third kappa shape index (κ3) is 12.0. The summed E-state index contributed by atoms with van der Waals surface area (Å²) in [6.07, 6.45) is 1.45. The molecule has 0 amide bonds. The normalized spacial score (nSPS) is 5.00. The largest absolute Gasteiger partial charge is 0.541 e. The topological polar surface area (TPSA) is 17.1 Å². The van der Waals surface area contributed by atoms with Crippen molar-refractivity contribution in [3.05, 3.63) is 0 Å². The Bertz CT molecular complexity index is 23.6. The van der Waals surface area contributed by atoms with Crippen LogP contribution in [0.3, 0.4) is 0 Å². The van der Waals surface area contributed by atoms with Crippen LogP contribution in [0, 0.1) is 0 Å². The maximum Gasteiger partial charge on any atom is 0 e. The monoisotopic (exact) mass is 272 g/mol. The van der Waals surface area contributed by atoms with Crippen molar-refractivity contribution in [1.82, 2.24) is 0 Å². The van der Waals surface area contributed by atoms with Crippen LogP contribution in [0.4, 0.5) is 0 Å². The van der Waals surface area contributed by atoms with E-state index in [4.69, 9.17) is 16.4 Å². The molecule has 0 fully saturated rings. The van der Waals surface area contributed by atoms with Gasteiger partial charge >= 0.3 is 0 Å². The van der Waals surface area contributed by atoms with Crippen LogP contribution in [0.25, 0.3) is 0 Å². The van der Waals surface area contributed by atoms with Gasteiger partial charge in [-0.15, -0.1) is 0 Å². The fourth-order valence-electron chi connectivity index (χ4n) is 0. The first-order valence-electron chi connectivity index (χ1n) is 0.825. The molecule has 34 valence electrons. The van der Waals surface area contributed by atoms with Gasteiger partial charge in [0.15, 0.2) is 0 Å². The van der Waals surface area contributed by atoms with E-state index >= 15 is 0 Å². The molecule has 0 radical (unpaired) electrons. The van der Waals surface area contributed by atoms with E-state index in [0.717, 1.165) is 0 Å². The van der Waals surface area contributed by atoms with Crippen molar-refractivity contribution < 1.29 is 25.9 Å². The first-order valence-corrected chi connectivity index (χ1v) is 1.36. The number of halogens is 1. The van der Waals surface area contributed by atoms with Crippen LogP contribution in [-0.2, 0) is 25.9 Å². The van der Waals surface area contributed by atoms with Gasteiger partial charge in [-0.3, -0.25) is 0 Å². The molecule has 0 unspecified atom stereocenters. The summed E-state index contributed by atoms with van der Waals surface area (Å²) >= 11 is 4.76. The van der Waals surface area contributed by atoms with E-state index in [1.165, 1.54) is 6.29 Å². The molecule has 0 aromatic rings. The molecule has 0 aromatic carbocycles. The van der Waals surface area contributed by atoms with Gasteiger partial charge in [-0.2, -0.15) is 11.6 Å². The molecule has 0 atom stereocenters. The van der Waals surface area contributed by atoms with Gasteiger partial charge in [0.2, 0.25) is 0 Å². The van der Waals surface area contributed by atoms with E-state index in [1.807, 2.05) is 0 Å². The maximum atomic E-state index is 8.92. The van der Waals surface area contributed by atoms with E-state index in [-0.39, 0.29) is 26.9 Å². The van der Waals surface area contributed by atoms with Crippen LogP contribution in [-0.4, -0.2) is 12.2 Å². The zero-order valence-electron chi connectivity index (χ0n) is 2.31. The zero-order valence-corrected chi connectivity index (χ0v) is 5.34. The van der Waals surface area contributed by atoms with E-state index in [9.17, 15) is 0 Å². The number of alkyl halides is 1. The second kappa shape index (κ2) is 8.82. The minimum absolute atomic E-state index is 0. The quantitative estimate of drug-likeness (QED) is 0.497. The van der Waals surface area contributed by atoms with Gasteiger partial charge < -0.3 is 4.79 Å². The van der Waals surface area contributed by atoms with Crippen LogP contribution >= 0.6 is 11.6 Å². The van der Waals surface area contributed by atoms with Crippen molar-refractivity contribution in [2.45, 2.75) is 0 Å². The molecule has 0 rings (SSSR count). The first kappa shape index (κ1) is 9.17. The molecule has 5 heavy (non-hydrogen) atoms. The molecule has 0 N–H and O–H groups in total. The molecule has 0 heterocycles. The Labute approximate surface area is 50.0 Å². The molecule has 0 aliphatic rings. The van der Waals surface area contributed by atoms with E-state index in [2.05, 4.69) is 0 Å². The van der Waals surface area contributed by atoms with Gasteiger partial charge in [0.25, 0.3) is 0 Å². The van der Waals surface area contributed by atoms with E-state index in [1.54, 1.807) is 0 Å². The Morgan fingerprint density at radius 2 is 2.00 bits per heavy atom. The third-order valence-corrected chi connectivity index (χ3v) is 0.164. The molecular formula is C2H2ClOPt-. The SMILES string of the molecule is O=[C-]CCl.[Pt]. The van der Waals surface area contributed by atoms with Gasteiger partial charge in [0, 0.05) is 21.1 Å². The fourth-order valence-corrected chi connectivity index (χ4v) is 0. The average Bonchev–Trinajstić information content (AvgIpc) is 1.37. The molecule has 0 bridgehead atoms. The molecule has 0 saturated carbocycles. The smallest absolute Gasteiger partial charge is 0 e. The van der Waals surface area contributed by atoms with Crippen LogP contribution in [0.2, 0.25) is 0 Å². The van der Waals surface area contributed by atoms with Crippen molar-refractivity contribution >= 4 is 17.9 Å². The van der Waals surface area contributed by atoms with Crippen molar-refractivity contribution in [3.8, 4) is 0 Å². The average molecular weight is 273 g/mol. The van der Waals surface area contributed by atoms with Crippen LogP contribution in [0.5, 0.6) is 0 Å². The summed E-state index contributed by atoms with van der Waals surface area (Å²) in [4.78, 5) is 8.92. The summed E-state index contributed by atoms with van der Waals surface area (Å²) in [6, 6.07) is 0. The van der Waals surface area contributed by atoms with Crippen molar-refractivity contribution in [2.75, 3.05) is 5.88 Å². The molecule has 1 nitrogen and oxygen atoms in total. The summed E-state index contributed by atoms with van der Waals surface area (Å²) in [6.45, 7) is 0. The van der Waals surface area contributed by atoms with Crippen molar-refractivity contribution in [2.24, 2.45) is 0 Å². The van der Waals surface area contributed by atoms with Crippen LogP contribution in [0.1, 0.15) is 0 Å². The van der Waals surface area contributed by atoms with Crippen LogP contribution in [0.15, 0.2) is 0 Å². The van der Waals surface area contributed by atoms with Gasteiger partial charge in [-0.05, 0) is 0 Å². The molecule has 0 saturated heterocycles. The summed E-state index contributed by atoms with van der Waals surface area (Å²) in [5.74, 6) is -0.0139. The Morgan fingerprint density at radius 1 is 1.80 bits per heavy atom. The predicted octanol–water partition coefficient (Wildman–Crippen LogP) is 0.332. The standard InChI is InChI=1S/C2H2ClO.Pt/c3-1-2-4;/h1H2;/q-1;.